The molecular weight excluding hydrogens is 245 g/mol. The van der Waals surface area contributed by atoms with E-state index in [9.17, 15) is 9.18 Å². The Morgan fingerprint density at radius 1 is 1.21 bits per heavy atom. The van der Waals surface area contributed by atoms with Crippen molar-refractivity contribution in [3.8, 4) is 5.75 Å². The Bertz CT molecular complexity index is 570. The summed E-state index contributed by atoms with van der Waals surface area (Å²) in [6, 6.07) is 13.3. The first-order chi connectivity index (χ1) is 9.15. The van der Waals surface area contributed by atoms with Gasteiger partial charge >= 0.3 is 0 Å². The molecule has 0 saturated carbocycles. The SMILES string of the molecule is Cc1ccc(F)cc1NC(=O)COc1ccccc1. The molecule has 0 bridgehead atoms. The van der Waals surface area contributed by atoms with E-state index in [0.29, 0.717) is 11.4 Å². The van der Waals surface area contributed by atoms with Crippen molar-refractivity contribution in [1.82, 2.24) is 0 Å². The van der Waals surface area contributed by atoms with Crippen molar-refractivity contribution in [3.05, 3.63) is 59.9 Å². The Hall–Kier alpha value is -2.36. The Labute approximate surface area is 111 Å². The van der Waals surface area contributed by atoms with Crippen LogP contribution in [-0.2, 0) is 4.79 Å². The van der Waals surface area contributed by atoms with Gasteiger partial charge in [-0.05, 0) is 36.8 Å². The number of ether oxygens (including phenoxy) is 1. The minimum absolute atomic E-state index is 0.111. The van der Waals surface area contributed by atoms with E-state index in [1.54, 1.807) is 25.1 Å². The molecular formula is C15H14FNO2. The molecule has 98 valence electrons. The highest BCUT2D eigenvalue weighted by Crippen LogP contribution is 2.16. The fourth-order valence-electron chi connectivity index (χ4n) is 1.58. The van der Waals surface area contributed by atoms with E-state index in [1.165, 1.54) is 12.1 Å². The number of para-hydroxylation sites is 1. The summed E-state index contributed by atoms with van der Waals surface area (Å²) in [5.74, 6) is -0.0870. The highest BCUT2D eigenvalue weighted by molar-refractivity contribution is 5.92. The standard InChI is InChI=1S/C15H14FNO2/c1-11-7-8-12(16)9-14(11)17-15(18)10-19-13-5-3-2-4-6-13/h2-9H,10H2,1H3,(H,17,18). The van der Waals surface area contributed by atoms with E-state index < -0.39 is 0 Å². The second kappa shape index (κ2) is 6.00. The molecule has 0 unspecified atom stereocenters. The number of rotatable bonds is 4. The molecule has 0 atom stereocenters. The number of nitrogens with one attached hydrogen (secondary N) is 1. The van der Waals surface area contributed by atoms with Gasteiger partial charge in [0.1, 0.15) is 11.6 Å². The summed E-state index contributed by atoms with van der Waals surface area (Å²) in [5.41, 5.74) is 1.26. The molecule has 2 aromatic rings. The molecule has 2 rings (SSSR count). The predicted molar refractivity (Wildman–Crippen MR) is 71.7 cm³/mol. The van der Waals surface area contributed by atoms with Crippen molar-refractivity contribution in [1.29, 1.82) is 0 Å². The maximum atomic E-state index is 13.1. The van der Waals surface area contributed by atoms with Crippen LogP contribution in [-0.4, -0.2) is 12.5 Å². The Balaban J connectivity index is 1.93. The van der Waals surface area contributed by atoms with E-state index in [0.717, 1.165) is 5.56 Å². The molecule has 0 saturated heterocycles. The summed E-state index contributed by atoms with van der Waals surface area (Å²) in [6.07, 6.45) is 0. The first-order valence-electron chi connectivity index (χ1n) is 5.89. The lowest BCUT2D eigenvalue weighted by molar-refractivity contribution is -0.118. The zero-order chi connectivity index (χ0) is 13.7. The van der Waals surface area contributed by atoms with Crippen LogP contribution in [0.25, 0.3) is 0 Å². The lowest BCUT2D eigenvalue weighted by Gasteiger charge is -2.09. The van der Waals surface area contributed by atoms with Crippen LogP contribution in [0.1, 0.15) is 5.56 Å². The summed E-state index contributed by atoms with van der Waals surface area (Å²) in [5, 5.41) is 2.62. The second-order valence-corrected chi connectivity index (χ2v) is 4.11. The van der Waals surface area contributed by atoms with Gasteiger partial charge in [-0.25, -0.2) is 4.39 Å². The molecule has 0 radical (unpaired) electrons. The molecule has 1 N–H and O–H groups in total. The first-order valence-corrected chi connectivity index (χ1v) is 5.89. The molecule has 4 heteroatoms. The topological polar surface area (TPSA) is 38.3 Å². The van der Waals surface area contributed by atoms with Crippen molar-refractivity contribution in [2.24, 2.45) is 0 Å². The Morgan fingerprint density at radius 3 is 2.68 bits per heavy atom. The van der Waals surface area contributed by atoms with Crippen molar-refractivity contribution >= 4 is 11.6 Å². The van der Waals surface area contributed by atoms with Gasteiger partial charge in [0.2, 0.25) is 0 Å². The number of aryl methyl sites for hydroxylation is 1. The van der Waals surface area contributed by atoms with Crippen molar-refractivity contribution in [2.75, 3.05) is 11.9 Å². The summed E-state index contributed by atoms with van der Waals surface area (Å²) in [4.78, 5) is 11.7. The average molecular weight is 259 g/mol. The quantitative estimate of drug-likeness (QED) is 0.916. The van der Waals surface area contributed by atoms with Gasteiger partial charge in [0.25, 0.3) is 5.91 Å². The van der Waals surface area contributed by atoms with Gasteiger partial charge in [0.05, 0.1) is 0 Å². The first kappa shape index (κ1) is 13.1. The van der Waals surface area contributed by atoms with Gasteiger partial charge in [0.15, 0.2) is 6.61 Å². The van der Waals surface area contributed by atoms with E-state index in [4.69, 9.17) is 4.74 Å². The number of anilines is 1. The average Bonchev–Trinajstić information content (AvgIpc) is 2.42. The fraction of sp³-hybridized carbons (Fsp3) is 0.133. The highest BCUT2D eigenvalue weighted by Gasteiger charge is 2.06. The number of hydrogen-bond acceptors (Lipinski definition) is 2. The van der Waals surface area contributed by atoms with Gasteiger partial charge in [-0.3, -0.25) is 4.79 Å². The monoisotopic (exact) mass is 259 g/mol. The molecule has 19 heavy (non-hydrogen) atoms. The largest absolute Gasteiger partial charge is 0.484 e. The third kappa shape index (κ3) is 3.81. The third-order valence-electron chi connectivity index (χ3n) is 2.59. The van der Waals surface area contributed by atoms with E-state index in [2.05, 4.69) is 5.32 Å². The molecule has 0 fully saturated rings. The number of benzene rings is 2. The van der Waals surface area contributed by atoms with E-state index in [-0.39, 0.29) is 18.3 Å². The second-order valence-electron chi connectivity index (χ2n) is 4.11. The zero-order valence-electron chi connectivity index (χ0n) is 10.5. The normalized spacial score (nSPS) is 10.0. The highest BCUT2D eigenvalue weighted by atomic mass is 19.1. The summed E-state index contributed by atoms with van der Waals surface area (Å²) < 4.78 is 18.4. The molecule has 1 amide bonds. The predicted octanol–water partition coefficient (Wildman–Crippen LogP) is 3.15. The third-order valence-corrected chi connectivity index (χ3v) is 2.59. The van der Waals surface area contributed by atoms with Crippen molar-refractivity contribution in [2.45, 2.75) is 6.92 Å². The van der Waals surface area contributed by atoms with Gasteiger partial charge in [-0.1, -0.05) is 24.3 Å². The van der Waals surface area contributed by atoms with E-state index in [1.807, 2.05) is 18.2 Å². The van der Waals surface area contributed by atoms with Crippen LogP contribution in [0, 0.1) is 12.7 Å². The Kier molecular flexibility index (Phi) is 4.13. The molecule has 0 spiro atoms. The van der Waals surface area contributed by atoms with Crippen molar-refractivity contribution in [3.63, 3.8) is 0 Å². The maximum absolute atomic E-state index is 13.1. The van der Waals surface area contributed by atoms with Crippen LogP contribution in [0.2, 0.25) is 0 Å². The van der Waals surface area contributed by atoms with Crippen LogP contribution >= 0.6 is 0 Å². The number of halogens is 1. The molecule has 0 aliphatic rings. The van der Waals surface area contributed by atoms with Crippen LogP contribution in [0.3, 0.4) is 0 Å². The molecule has 2 aromatic carbocycles. The zero-order valence-corrected chi connectivity index (χ0v) is 10.5. The fourth-order valence-corrected chi connectivity index (χ4v) is 1.58. The van der Waals surface area contributed by atoms with Crippen molar-refractivity contribution < 1.29 is 13.9 Å². The maximum Gasteiger partial charge on any atom is 0.262 e. The van der Waals surface area contributed by atoms with Crippen LogP contribution < -0.4 is 10.1 Å². The molecule has 0 aliphatic carbocycles. The van der Waals surface area contributed by atoms with Gasteiger partial charge < -0.3 is 10.1 Å². The van der Waals surface area contributed by atoms with Crippen LogP contribution in [0.4, 0.5) is 10.1 Å². The lowest BCUT2D eigenvalue weighted by atomic mass is 10.2. The molecule has 3 nitrogen and oxygen atoms in total. The molecule has 0 aliphatic heterocycles. The number of amides is 1. The number of hydrogen-bond donors (Lipinski definition) is 1. The Morgan fingerprint density at radius 2 is 1.95 bits per heavy atom. The van der Waals surface area contributed by atoms with Crippen LogP contribution in [0.15, 0.2) is 48.5 Å². The smallest absolute Gasteiger partial charge is 0.262 e. The lowest BCUT2D eigenvalue weighted by Crippen LogP contribution is -2.20. The molecule has 0 heterocycles. The minimum atomic E-state index is -0.384. The van der Waals surface area contributed by atoms with Crippen LogP contribution in [0.5, 0.6) is 5.75 Å². The number of carbonyl (C=O) groups excluding carboxylic acids is 1. The summed E-state index contributed by atoms with van der Waals surface area (Å²) in [7, 11) is 0. The summed E-state index contributed by atoms with van der Waals surface area (Å²) in [6.45, 7) is 1.69. The van der Waals surface area contributed by atoms with Gasteiger partial charge in [0, 0.05) is 5.69 Å². The summed E-state index contributed by atoms with van der Waals surface area (Å²) >= 11 is 0. The van der Waals surface area contributed by atoms with Gasteiger partial charge in [-0.15, -0.1) is 0 Å². The van der Waals surface area contributed by atoms with Gasteiger partial charge in [-0.2, -0.15) is 0 Å². The minimum Gasteiger partial charge on any atom is -0.484 e. The molecule has 0 aromatic heterocycles. The number of carbonyl (C=O) groups is 1. The van der Waals surface area contributed by atoms with E-state index >= 15 is 0 Å².